The van der Waals surface area contributed by atoms with Crippen LogP contribution in [0, 0.1) is 0 Å². The highest BCUT2D eigenvalue weighted by molar-refractivity contribution is 14.0. The summed E-state index contributed by atoms with van der Waals surface area (Å²) >= 11 is 1.82. The fourth-order valence-corrected chi connectivity index (χ4v) is 3.30. The highest BCUT2D eigenvalue weighted by atomic mass is 127. The molecule has 0 bridgehead atoms. The maximum Gasteiger partial charge on any atom is 0.191 e. The zero-order chi connectivity index (χ0) is 14.8. The van der Waals surface area contributed by atoms with Crippen molar-refractivity contribution in [2.24, 2.45) is 4.99 Å². The average molecular weight is 436 g/mol. The minimum absolute atomic E-state index is 0. The van der Waals surface area contributed by atoms with Gasteiger partial charge in [-0.15, -0.1) is 35.3 Å². The minimum atomic E-state index is 0. The molecule has 0 atom stereocenters. The maximum atomic E-state index is 4.68. The fraction of sp³-hybridized carbons (Fsp3) is 0.688. The molecular formula is C16H29IN4S. The first-order chi connectivity index (χ1) is 10.4. The molecule has 2 heterocycles. The number of nitrogens with zero attached hydrogens (tertiary/aromatic N) is 2. The minimum Gasteiger partial charge on any atom is -0.357 e. The number of thiophene rings is 1. The second-order valence-electron chi connectivity index (χ2n) is 5.42. The van der Waals surface area contributed by atoms with Gasteiger partial charge in [0.1, 0.15) is 0 Å². The molecule has 0 saturated carbocycles. The van der Waals surface area contributed by atoms with Gasteiger partial charge in [-0.1, -0.05) is 12.5 Å². The van der Waals surface area contributed by atoms with Crippen molar-refractivity contribution >= 4 is 41.3 Å². The Bertz CT molecular complexity index is 402. The highest BCUT2D eigenvalue weighted by Gasteiger charge is 2.08. The molecule has 1 aromatic rings. The Balaban J connectivity index is 0.00000242. The summed E-state index contributed by atoms with van der Waals surface area (Å²) in [5, 5.41) is 8.88. The Morgan fingerprint density at radius 1 is 1.27 bits per heavy atom. The van der Waals surface area contributed by atoms with Crippen LogP contribution in [0.1, 0.15) is 31.1 Å². The van der Waals surface area contributed by atoms with Gasteiger partial charge in [0, 0.05) is 24.5 Å². The third kappa shape index (κ3) is 7.78. The van der Waals surface area contributed by atoms with Crippen molar-refractivity contribution in [3.05, 3.63) is 22.4 Å². The lowest BCUT2D eigenvalue weighted by atomic mass is 10.1. The fourth-order valence-electron chi connectivity index (χ4n) is 2.59. The summed E-state index contributed by atoms with van der Waals surface area (Å²) < 4.78 is 0. The normalized spacial score (nSPS) is 16.1. The van der Waals surface area contributed by atoms with E-state index in [2.05, 4.69) is 45.0 Å². The van der Waals surface area contributed by atoms with E-state index in [4.69, 9.17) is 0 Å². The van der Waals surface area contributed by atoms with Crippen molar-refractivity contribution in [3.63, 3.8) is 0 Å². The molecule has 2 rings (SSSR count). The average Bonchev–Trinajstić information content (AvgIpc) is 3.02. The highest BCUT2D eigenvalue weighted by Crippen LogP contribution is 2.08. The van der Waals surface area contributed by atoms with Crippen LogP contribution in [0.5, 0.6) is 0 Å². The smallest absolute Gasteiger partial charge is 0.191 e. The summed E-state index contributed by atoms with van der Waals surface area (Å²) in [6, 6.07) is 4.30. The van der Waals surface area contributed by atoms with Gasteiger partial charge in [-0.2, -0.15) is 0 Å². The molecule has 4 nitrogen and oxygen atoms in total. The lowest BCUT2D eigenvalue weighted by Crippen LogP contribution is -2.39. The number of halogens is 1. The van der Waals surface area contributed by atoms with Crippen molar-refractivity contribution in [1.29, 1.82) is 0 Å². The molecule has 6 heteroatoms. The molecule has 1 aromatic heterocycles. The van der Waals surface area contributed by atoms with Gasteiger partial charge < -0.3 is 15.5 Å². The molecular weight excluding hydrogens is 407 g/mol. The molecule has 2 N–H and O–H groups in total. The molecule has 1 fully saturated rings. The predicted octanol–water partition coefficient (Wildman–Crippen LogP) is 2.95. The molecule has 0 aliphatic carbocycles. The zero-order valence-corrected chi connectivity index (χ0v) is 16.7. The van der Waals surface area contributed by atoms with Crippen LogP contribution in [-0.2, 0) is 6.42 Å². The second-order valence-corrected chi connectivity index (χ2v) is 6.45. The number of rotatable bonds is 7. The topological polar surface area (TPSA) is 39.7 Å². The summed E-state index contributed by atoms with van der Waals surface area (Å²) in [7, 11) is 0. The zero-order valence-electron chi connectivity index (χ0n) is 13.5. The van der Waals surface area contributed by atoms with Crippen LogP contribution in [0.4, 0.5) is 0 Å². The Kier molecular flexibility index (Phi) is 10.9. The van der Waals surface area contributed by atoms with E-state index in [1.54, 1.807) is 0 Å². The Morgan fingerprint density at radius 2 is 2.09 bits per heavy atom. The lowest BCUT2D eigenvalue weighted by Gasteiger charge is -2.25. The van der Waals surface area contributed by atoms with Crippen LogP contribution in [0.3, 0.4) is 0 Å². The number of hydrogen-bond donors (Lipinski definition) is 2. The van der Waals surface area contributed by atoms with Crippen LogP contribution in [0.2, 0.25) is 0 Å². The van der Waals surface area contributed by atoms with Gasteiger partial charge in [-0.25, -0.2) is 0 Å². The Hall–Kier alpha value is -0.340. The van der Waals surface area contributed by atoms with Crippen LogP contribution in [0.25, 0.3) is 0 Å². The molecule has 22 heavy (non-hydrogen) atoms. The van der Waals surface area contributed by atoms with Gasteiger partial charge in [0.25, 0.3) is 0 Å². The first kappa shape index (κ1) is 19.7. The largest absolute Gasteiger partial charge is 0.357 e. The van der Waals surface area contributed by atoms with Crippen LogP contribution >= 0.6 is 35.3 Å². The van der Waals surface area contributed by atoms with E-state index >= 15 is 0 Å². The third-order valence-corrected chi connectivity index (χ3v) is 4.66. The molecule has 0 aromatic carbocycles. The van der Waals surface area contributed by atoms with Crippen LogP contribution in [-0.4, -0.2) is 50.1 Å². The van der Waals surface area contributed by atoms with Gasteiger partial charge >= 0.3 is 0 Å². The number of aliphatic imine (C=N–C) groups is 1. The van der Waals surface area contributed by atoms with Gasteiger partial charge in [-0.05, 0) is 50.7 Å². The summed E-state index contributed by atoms with van der Waals surface area (Å²) in [6.45, 7) is 8.43. The van der Waals surface area contributed by atoms with Gasteiger partial charge in [0.05, 0.1) is 6.54 Å². The van der Waals surface area contributed by atoms with Gasteiger partial charge in [-0.3, -0.25) is 4.99 Å². The molecule has 0 unspecified atom stereocenters. The molecule has 1 aliphatic rings. The SMILES string of the molecule is CCNC(=NCCN1CCCCC1)NCCc1cccs1.I. The number of guanidine groups is 1. The van der Waals surface area contributed by atoms with E-state index in [0.29, 0.717) is 0 Å². The van der Waals surface area contributed by atoms with Crippen molar-refractivity contribution < 1.29 is 0 Å². The molecule has 0 amide bonds. The monoisotopic (exact) mass is 436 g/mol. The molecule has 1 aliphatic heterocycles. The van der Waals surface area contributed by atoms with Crippen molar-refractivity contribution in [3.8, 4) is 0 Å². The molecule has 0 radical (unpaired) electrons. The number of piperidine rings is 1. The summed E-state index contributed by atoms with van der Waals surface area (Å²) in [5.74, 6) is 0.950. The van der Waals surface area contributed by atoms with E-state index in [1.807, 2.05) is 11.3 Å². The van der Waals surface area contributed by atoms with E-state index < -0.39 is 0 Å². The lowest BCUT2D eigenvalue weighted by molar-refractivity contribution is 0.235. The van der Waals surface area contributed by atoms with E-state index in [-0.39, 0.29) is 24.0 Å². The molecule has 1 saturated heterocycles. The summed E-state index contributed by atoms with van der Waals surface area (Å²) in [6.07, 6.45) is 5.16. The van der Waals surface area contributed by atoms with Gasteiger partial charge in [0.15, 0.2) is 5.96 Å². The van der Waals surface area contributed by atoms with Crippen molar-refractivity contribution in [2.45, 2.75) is 32.6 Å². The quantitative estimate of drug-likeness (QED) is 0.392. The van der Waals surface area contributed by atoms with Crippen molar-refractivity contribution in [2.75, 3.05) is 39.3 Å². The maximum absolute atomic E-state index is 4.68. The predicted molar refractivity (Wildman–Crippen MR) is 108 cm³/mol. The Labute approximate surface area is 155 Å². The number of likely N-dealkylation sites (tertiary alicyclic amines) is 1. The summed E-state index contributed by atoms with van der Waals surface area (Å²) in [5.41, 5.74) is 0. The van der Waals surface area contributed by atoms with Crippen molar-refractivity contribution in [1.82, 2.24) is 15.5 Å². The molecule has 0 spiro atoms. The second kappa shape index (κ2) is 12.1. The van der Waals surface area contributed by atoms with Crippen LogP contribution < -0.4 is 10.6 Å². The van der Waals surface area contributed by atoms with E-state index in [1.165, 1.54) is 37.2 Å². The van der Waals surface area contributed by atoms with E-state index in [0.717, 1.165) is 38.6 Å². The van der Waals surface area contributed by atoms with Gasteiger partial charge in [0.2, 0.25) is 0 Å². The van der Waals surface area contributed by atoms with Crippen LogP contribution in [0.15, 0.2) is 22.5 Å². The Morgan fingerprint density at radius 3 is 2.77 bits per heavy atom. The first-order valence-electron chi connectivity index (χ1n) is 8.15. The third-order valence-electron chi connectivity index (χ3n) is 3.72. The number of hydrogen-bond acceptors (Lipinski definition) is 3. The molecule has 126 valence electrons. The summed E-state index contributed by atoms with van der Waals surface area (Å²) in [4.78, 5) is 8.64. The first-order valence-corrected chi connectivity index (χ1v) is 9.03. The number of nitrogens with one attached hydrogen (secondary N) is 2. The standard InChI is InChI=1S/C16H28N4S.HI/c1-2-17-16(18-9-8-15-7-6-14-21-15)19-10-13-20-11-4-3-5-12-20;/h6-7,14H,2-5,8-13H2,1H3,(H2,17,18,19);1H. The van der Waals surface area contributed by atoms with E-state index in [9.17, 15) is 0 Å².